The van der Waals surface area contributed by atoms with Crippen molar-refractivity contribution < 1.29 is 18.3 Å². The van der Waals surface area contributed by atoms with Crippen molar-refractivity contribution in [1.29, 1.82) is 0 Å². The van der Waals surface area contributed by atoms with Gasteiger partial charge in [-0.2, -0.15) is 0 Å². The van der Waals surface area contributed by atoms with Gasteiger partial charge in [-0.25, -0.2) is 18.2 Å². The SMILES string of the molecule is CCS(=O)(=O)CCNc1cc(C(=O)O)c(N)cn1. The molecule has 4 N–H and O–H groups in total. The number of aromatic carboxylic acids is 1. The van der Waals surface area contributed by atoms with Crippen LogP contribution in [0.15, 0.2) is 12.3 Å². The Labute approximate surface area is 105 Å². The molecule has 1 heterocycles. The number of aromatic nitrogens is 1. The molecule has 0 unspecified atom stereocenters. The summed E-state index contributed by atoms with van der Waals surface area (Å²) in [5, 5.41) is 11.6. The normalized spacial score (nSPS) is 11.2. The number of carbonyl (C=O) groups is 1. The fourth-order valence-corrected chi connectivity index (χ4v) is 1.93. The molecule has 0 fully saturated rings. The minimum absolute atomic E-state index is 0.0298. The number of carboxylic acid groups (broad SMARTS) is 1. The van der Waals surface area contributed by atoms with E-state index in [2.05, 4.69) is 10.3 Å². The molecule has 0 amide bonds. The summed E-state index contributed by atoms with van der Waals surface area (Å²) in [5.41, 5.74) is 5.44. The van der Waals surface area contributed by atoms with E-state index in [0.717, 1.165) is 0 Å². The van der Waals surface area contributed by atoms with Crippen LogP contribution >= 0.6 is 0 Å². The first-order valence-corrected chi connectivity index (χ1v) is 7.11. The van der Waals surface area contributed by atoms with Gasteiger partial charge in [-0.3, -0.25) is 0 Å². The molecule has 0 radical (unpaired) electrons. The Morgan fingerprint density at radius 2 is 2.22 bits per heavy atom. The number of sulfone groups is 1. The van der Waals surface area contributed by atoms with Crippen LogP contribution in [0, 0.1) is 0 Å². The fraction of sp³-hybridized carbons (Fsp3) is 0.400. The van der Waals surface area contributed by atoms with E-state index in [1.807, 2.05) is 0 Å². The quantitative estimate of drug-likeness (QED) is 0.677. The third-order valence-corrected chi connectivity index (χ3v) is 4.03. The maximum absolute atomic E-state index is 11.2. The van der Waals surface area contributed by atoms with E-state index < -0.39 is 15.8 Å². The van der Waals surface area contributed by atoms with E-state index in [-0.39, 0.29) is 35.1 Å². The zero-order chi connectivity index (χ0) is 13.8. The second kappa shape index (κ2) is 5.67. The number of carboxylic acids is 1. The van der Waals surface area contributed by atoms with Gasteiger partial charge in [0.2, 0.25) is 0 Å². The van der Waals surface area contributed by atoms with E-state index >= 15 is 0 Å². The second-order valence-corrected chi connectivity index (χ2v) is 6.10. The van der Waals surface area contributed by atoms with E-state index in [4.69, 9.17) is 10.8 Å². The molecule has 0 atom stereocenters. The monoisotopic (exact) mass is 273 g/mol. The molecule has 0 aliphatic carbocycles. The van der Waals surface area contributed by atoms with Crippen molar-refractivity contribution in [3.63, 3.8) is 0 Å². The molecule has 100 valence electrons. The van der Waals surface area contributed by atoms with Crippen LogP contribution in [0.5, 0.6) is 0 Å². The molecule has 8 heteroatoms. The Morgan fingerprint density at radius 3 is 2.78 bits per heavy atom. The lowest BCUT2D eigenvalue weighted by Crippen LogP contribution is -2.18. The Morgan fingerprint density at radius 1 is 1.56 bits per heavy atom. The summed E-state index contributed by atoms with van der Waals surface area (Å²) in [7, 11) is -3.06. The number of anilines is 2. The van der Waals surface area contributed by atoms with Crippen LogP contribution in [0.25, 0.3) is 0 Å². The summed E-state index contributed by atoms with van der Waals surface area (Å²) in [6, 6.07) is 1.27. The largest absolute Gasteiger partial charge is 0.478 e. The van der Waals surface area contributed by atoms with Gasteiger partial charge < -0.3 is 16.2 Å². The predicted molar refractivity (Wildman–Crippen MR) is 68.4 cm³/mol. The first-order valence-electron chi connectivity index (χ1n) is 5.29. The zero-order valence-corrected chi connectivity index (χ0v) is 10.7. The van der Waals surface area contributed by atoms with Crippen molar-refractivity contribution in [2.75, 3.05) is 29.1 Å². The number of nitrogen functional groups attached to an aromatic ring is 1. The number of nitrogens with one attached hydrogen (secondary N) is 1. The van der Waals surface area contributed by atoms with Crippen LogP contribution in [0.2, 0.25) is 0 Å². The standard InChI is InChI=1S/C10H15N3O4S/c1-2-18(16,17)4-3-12-9-5-7(10(14)15)8(11)6-13-9/h5-6H,2-4,11H2,1H3,(H,12,13)(H,14,15). The minimum atomic E-state index is -3.06. The molecular formula is C10H15N3O4S. The number of nitrogens with two attached hydrogens (primary N) is 1. The molecule has 0 spiro atoms. The highest BCUT2D eigenvalue weighted by molar-refractivity contribution is 7.91. The molecule has 18 heavy (non-hydrogen) atoms. The van der Waals surface area contributed by atoms with Crippen LogP contribution in [0.1, 0.15) is 17.3 Å². The van der Waals surface area contributed by atoms with Gasteiger partial charge in [0.15, 0.2) is 9.84 Å². The lowest BCUT2D eigenvalue weighted by Gasteiger charge is -2.07. The third-order valence-electron chi connectivity index (χ3n) is 2.32. The smallest absolute Gasteiger partial charge is 0.337 e. The van der Waals surface area contributed by atoms with Gasteiger partial charge in [0.1, 0.15) is 5.82 Å². The lowest BCUT2D eigenvalue weighted by atomic mass is 10.2. The summed E-state index contributed by atoms with van der Waals surface area (Å²) in [5.74, 6) is -0.825. The Kier molecular flexibility index (Phi) is 4.49. The van der Waals surface area contributed by atoms with E-state index in [1.54, 1.807) is 6.92 Å². The van der Waals surface area contributed by atoms with Crippen molar-refractivity contribution in [3.05, 3.63) is 17.8 Å². The Bertz CT molecular complexity index is 542. The first-order chi connectivity index (χ1) is 8.35. The van der Waals surface area contributed by atoms with Crippen LogP contribution in [-0.4, -0.2) is 42.5 Å². The fourth-order valence-electron chi connectivity index (χ4n) is 1.23. The van der Waals surface area contributed by atoms with Crippen molar-refractivity contribution in [2.24, 2.45) is 0 Å². The first kappa shape index (κ1) is 14.2. The zero-order valence-electron chi connectivity index (χ0n) is 9.88. The summed E-state index contributed by atoms with van der Waals surface area (Å²) in [6.45, 7) is 1.74. The van der Waals surface area contributed by atoms with Crippen LogP contribution in [0.3, 0.4) is 0 Å². The number of nitrogens with zero attached hydrogens (tertiary/aromatic N) is 1. The number of pyridine rings is 1. The molecule has 0 aliphatic rings. The predicted octanol–water partition coefficient (Wildman–Crippen LogP) is 0.209. The summed E-state index contributed by atoms with van der Waals surface area (Å²) < 4.78 is 22.5. The average molecular weight is 273 g/mol. The van der Waals surface area contributed by atoms with Crippen molar-refractivity contribution in [2.45, 2.75) is 6.92 Å². The third kappa shape index (κ3) is 3.88. The topological polar surface area (TPSA) is 122 Å². The van der Waals surface area contributed by atoms with Crippen LogP contribution in [-0.2, 0) is 9.84 Å². The Hall–Kier alpha value is -1.83. The van der Waals surface area contributed by atoms with Gasteiger partial charge in [-0.05, 0) is 6.07 Å². The van der Waals surface area contributed by atoms with Gasteiger partial charge in [0, 0.05) is 12.3 Å². The van der Waals surface area contributed by atoms with Gasteiger partial charge >= 0.3 is 5.97 Å². The lowest BCUT2D eigenvalue weighted by molar-refractivity contribution is 0.0698. The van der Waals surface area contributed by atoms with Crippen LogP contribution in [0.4, 0.5) is 11.5 Å². The van der Waals surface area contributed by atoms with Gasteiger partial charge in [0.25, 0.3) is 0 Å². The minimum Gasteiger partial charge on any atom is -0.478 e. The van der Waals surface area contributed by atoms with Crippen molar-refractivity contribution in [1.82, 2.24) is 4.98 Å². The molecule has 1 aromatic rings. The van der Waals surface area contributed by atoms with Crippen LogP contribution < -0.4 is 11.1 Å². The molecule has 0 aromatic carbocycles. The maximum atomic E-state index is 11.2. The number of hydrogen-bond acceptors (Lipinski definition) is 6. The average Bonchev–Trinajstić information content (AvgIpc) is 2.31. The highest BCUT2D eigenvalue weighted by atomic mass is 32.2. The summed E-state index contributed by atoms with van der Waals surface area (Å²) in [6.07, 6.45) is 1.22. The van der Waals surface area contributed by atoms with Gasteiger partial charge in [0.05, 0.1) is 23.2 Å². The van der Waals surface area contributed by atoms with Gasteiger partial charge in [-0.1, -0.05) is 6.92 Å². The van der Waals surface area contributed by atoms with Crippen molar-refractivity contribution >= 4 is 27.3 Å². The molecule has 0 saturated carbocycles. The Balaban J connectivity index is 2.69. The molecule has 7 nitrogen and oxygen atoms in total. The van der Waals surface area contributed by atoms with E-state index in [0.29, 0.717) is 0 Å². The molecule has 1 rings (SSSR count). The van der Waals surface area contributed by atoms with E-state index in [1.165, 1.54) is 12.3 Å². The van der Waals surface area contributed by atoms with E-state index in [9.17, 15) is 13.2 Å². The van der Waals surface area contributed by atoms with Gasteiger partial charge in [-0.15, -0.1) is 0 Å². The highest BCUT2D eigenvalue weighted by Crippen LogP contribution is 2.14. The molecule has 0 aliphatic heterocycles. The summed E-state index contributed by atoms with van der Waals surface area (Å²) in [4.78, 5) is 14.7. The molecular weight excluding hydrogens is 258 g/mol. The highest BCUT2D eigenvalue weighted by Gasteiger charge is 2.10. The molecule has 0 saturated heterocycles. The molecule has 1 aromatic heterocycles. The number of hydrogen-bond donors (Lipinski definition) is 3. The summed E-state index contributed by atoms with van der Waals surface area (Å²) >= 11 is 0. The number of rotatable bonds is 6. The molecule has 0 bridgehead atoms. The second-order valence-electron chi connectivity index (χ2n) is 3.63. The maximum Gasteiger partial charge on any atom is 0.337 e. The van der Waals surface area contributed by atoms with Crippen molar-refractivity contribution in [3.8, 4) is 0 Å².